The van der Waals surface area contributed by atoms with Gasteiger partial charge in [0, 0.05) is 28.2 Å². The van der Waals surface area contributed by atoms with Crippen molar-refractivity contribution in [1.29, 1.82) is 0 Å². The van der Waals surface area contributed by atoms with Crippen molar-refractivity contribution in [3.63, 3.8) is 0 Å². The zero-order chi connectivity index (χ0) is 16.0. The molecule has 0 saturated heterocycles. The molecule has 0 atom stereocenters. The Bertz CT molecular complexity index is 1040. The van der Waals surface area contributed by atoms with Gasteiger partial charge in [0.25, 0.3) is 0 Å². The Morgan fingerprint density at radius 3 is 2.74 bits per heavy atom. The number of aromatic nitrogens is 4. The van der Waals surface area contributed by atoms with Crippen LogP contribution in [0.25, 0.3) is 21.8 Å². The number of aryl methyl sites for hydroxylation is 1. The molecule has 3 heterocycles. The van der Waals surface area contributed by atoms with E-state index in [1.165, 1.54) is 0 Å². The summed E-state index contributed by atoms with van der Waals surface area (Å²) in [6.45, 7) is 3.92. The van der Waals surface area contributed by atoms with Crippen LogP contribution in [0.5, 0.6) is 0 Å². The highest BCUT2D eigenvalue weighted by Gasteiger charge is 2.18. The Morgan fingerprint density at radius 1 is 1.13 bits per heavy atom. The number of hydrogen-bond acceptors (Lipinski definition) is 3. The molecule has 114 valence electrons. The minimum absolute atomic E-state index is 0.0308. The second-order valence-corrected chi connectivity index (χ2v) is 5.77. The first-order chi connectivity index (χ1) is 11.1. The van der Waals surface area contributed by atoms with Crippen molar-refractivity contribution in [3.8, 4) is 0 Å². The summed E-state index contributed by atoms with van der Waals surface area (Å²) in [7, 11) is 0. The van der Waals surface area contributed by atoms with E-state index in [4.69, 9.17) is 0 Å². The van der Waals surface area contributed by atoms with Crippen LogP contribution in [0.1, 0.15) is 27.4 Å². The Kier molecular flexibility index (Phi) is 3.01. The van der Waals surface area contributed by atoms with Crippen LogP contribution < -0.4 is 0 Å². The number of fused-ring (bicyclic) bond motifs is 3. The number of carbonyl (C=O) groups excluding carboxylic acids is 1. The van der Waals surface area contributed by atoms with Crippen LogP contribution in [0.4, 0.5) is 0 Å². The van der Waals surface area contributed by atoms with E-state index < -0.39 is 0 Å². The summed E-state index contributed by atoms with van der Waals surface area (Å²) in [6, 6.07) is 9.96. The first kappa shape index (κ1) is 13.7. The molecule has 0 aliphatic heterocycles. The molecule has 3 aromatic heterocycles. The molecule has 4 aromatic rings. The van der Waals surface area contributed by atoms with Crippen molar-refractivity contribution in [2.45, 2.75) is 20.3 Å². The van der Waals surface area contributed by atoms with Gasteiger partial charge in [0.2, 0.25) is 0 Å². The molecular formula is C18H16N4O. The van der Waals surface area contributed by atoms with Gasteiger partial charge in [-0.15, -0.1) is 0 Å². The van der Waals surface area contributed by atoms with E-state index in [0.29, 0.717) is 5.69 Å². The molecular weight excluding hydrogens is 288 g/mol. The molecule has 0 amide bonds. The second-order valence-electron chi connectivity index (χ2n) is 5.77. The lowest BCUT2D eigenvalue weighted by Gasteiger charge is -2.01. The Morgan fingerprint density at radius 2 is 1.96 bits per heavy atom. The minimum Gasteiger partial charge on any atom is -0.353 e. The molecule has 5 heteroatoms. The fourth-order valence-electron chi connectivity index (χ4n) is 2.93. The van der Waals surface area contributed by atoms with Crippen molar-refractivity contribution in [3.05, 3.63) is 59.2 Å². The maximum atomic E-state index is 12.7. The van der Waals surface area contributed by atoms with Crippen LogP contribution in [0.2, 0.25) is 0 Å². The molecule has 4 rings (SSSR count). The van der Waals surface area contributed by atoms with Gasteiger partial charge in [-0.25, -0.2) is 0 Å². The van der Waals surface area contributed by atoms with Crippen LogP contribution in [0.15, 0.2) is 36.5 Å². The molecule has 0 fully saturated rings. The van der Waals surface area contributed by atoms with Gasteiger partial charge in [-0.3, -0.25) is 14.9 Å². The number of para-hydroxylation sites is 1. The lowest BCUT2D eigenvalue weighted by molar-refractivity contribution is 0.0988. The van der Waals surface area contributed by atoms with E-state index in [2.05, 4.69) is 20.2 Å². The number of hydrogen-bond donors (Lipinski definition) is 2. The fourth-order valence-corrected chi connectivity index (χ4v) is 2.93. The van der Waals surface area contributed by atoms with E-state index in [-0.39, 0.29) is 12.2 Å². The molecule has 0 spiro atoms. The number of benzene rings is 1. The van der Waals surface area contributed by atoms with Crippen molar-refractivity contribution in [2.75, 3.05) is 0 Å². The summed E-state index contributed by atoms with van der Waals surface area (Å²) in [4.78, 5) is 20.4. The number of carbonyl (C=O) groups is 1. The summed E-state index contributed by atoms with van der Waals surface area (Å²) in [5.41, 5.74) is 5.08. The number of nitrogens with zero attached hydrogens (tertiary/aromatic N) is 2. The highest BCUT2D eigenvalue weighted by atomic mass is 16.1. The van der Waals surface area contributed by atoms with Crippen LogP contribution in [0, 0.1) is 13.8 Å². The lowest BCUT2D eigenvalue weighted by atomic mass is 10.1. The van der Waals surface area contributed by atoms with E-state index in [1.54, 1.807) is 6.20 Å². The van der Waals surface area contributed by atoms with Crippen molar-refractivity contribution < 1.29 is 4.79 Å². The molecule has 0 unspecified atom stereocenters. The van der Waals surface area contributed by atoms with Gasteiger partial charge in [-0.05, 0) is 31.5 Å². The predicted molar refractivity (Wildman–Crippen MR) is 89.7 cm³/mol. The maximum absolute atomic E-state index is 12.7. The molecule has 0 saturated carbocycles. The van der Waals surface area contributed by atoms with Crippen LogP contribution in [0.3, 0.4) is 0 Å². The predicted octanol–water partition coefficient (Wildman–Crippen LogP) is 3.48. The van der Waals surface area contributed by atoms with E-state index in [1.807, 2.05) is 44.2 Å². The number of H-pyrrole nitrogens is 2. The van der Waals surface area contributed by atoms with Crippen molar-refractivity contribution in [2.24, 2.45) is 0 Å². The van der Waals surface area contributed by atoms with Gasteiger partial charge in [0.15, 0.2) is 5.78 Å². The standard InChI is InChI=1S/C18H16N4O/c1-10-11(2)21-22-15(10)9-16(23)18-17-13(7-8-19-18)12-5-3-4-6-14(12)20-17/h3-8,20H,9H2,1-2H3,(H,21,22). The molecule has 0 aliphatic carbocycles. The monoisotopic (exact) mass is 304 g/mol. The molecule has 0 bridgehead atoms. The van der Waals surface area contributed by atoms with Gasteiger partial charge in [0.1, 0.15) is 5.69 Å². The zero-order valence-corrected chi connectivity index (χ0v) is 13.0. The number of nitrogens with one attached hydrogen (secondary N) is 2. The van der Waals surface area contributed by atoms with Gasteiger partial charge < -0.3 is 4.98 Å². The SMILES string of the molecule is Cc1[nH]nc(CC(=O)c2nccc3c2[nH]c2ccccc23)c1C. The Balaban J connectivity index is 1.82. The molecule has 2 N–H and O–H groups in total. The summed E-state index contributed by atoms with van der Waals surface area (Å²) >= 11 is 0. The van der Waals surface area contributed by atoms with Gasteiger partial charge >= 0.3 is 0 Å². The smallest absolute Gasteiger partial charge is 0.189 e. The van der Waals surface area contributed by atoms with Gasteiger partial charge in [-0.2, -0.15) is 5.10 Å². The van der Waals surface area contributed by atoms with Crippen LogP contribution in [-0.4, -0.2) is 25.9 Å². The molecule has 23 heavy (non-hydrogen) atoms. The molecule has 0 radical (unpaired) electrons. The van der Waals surface area contributed by atoms with Crippen molar-refractivity contribution >= 4 is 27.6 Å². The fraction of sp³-hybridized carbons (Fsp3) is 0.167. The number of pyridine rings is 1. The first-order valence-electron chi connectivity index (χ1n) is 7.54. The zero-order valence-electron chi connectivity index (χ0n) is 13.0. The lowest BCUT2D eigenvalue weighted by Crippen LogP contribution is -2.08. The molecule has 0 aliphatic rings. The molecule has 1 aromatic carbocycles. The van der Waals surface area contributed by atoms with Crippen molar-refractivity contribution in [1.82, 2.24) is 20.2 Å². The summed E-state index contributed by atoms with van der Waals surface area (Å²) in [6.07, 6.45) is 1.94. The summed E-state index contributed by atoms with van der Waals surface area (Å²) in [5.74, 6) is -0.0308. The molecule has 5 nitrogen and oxygen atoms in total. The minimum atomic E-state index is -0.0308. The average Bonchev–Trinajstić information content (AvgIpc) is 3.09. The van der Waals surface area contributed by atoms with E-state index in [9.17, 15) is 4.79 Å². The topological polar surface area (TPSA) is 74.4 Å². The Labute approximate surface area is 132 Å². The normalized spacial score (nSPS) is 11.4. The van der Waals surface area contributed by atoms with Crippen LogP contribution in [-0.2, 0) is 6.42 Å². The summed E-state index contributed by atoms with van der Waals surface area (Å²) < 4.78 is 0. The first-order valence-corrected chi connectivity index (χ1v) is 7.54. The summed E-state index contributed by atoms with van der Waals surface area (Å²) in [5, 5.41) is 9.27. The van der Waals surface area contributed by atoms with E-state index in [0.717, 1.165) is 38.8 Å². The number of ketones is 1. The van der Waals surface area contributed by atoms with E-state index >= 15 is 0 Å². The quantitative estimate of drug-likeness (QED) is 0.569. The number of rotatable bonds is 3. The highest BCUT2D eigenvalue weighted by molar-refractivity contribution is 6.14. The average molecular weight is 304 g/mol. The third-order valence-electron chi connectivity index (χ3n) is 4.37. The second kappa shape index (κ2) is 5.05. The number of aromatic amines is 2. The maximum Gasteiger partial charge on any atom is 0.189 e. The van der Waals surface area contributed by atoms with Crippen LogP contribution >= 0.6 is 0 Å². The Hall–Kier alpha value is -2.95. The number of Topliss-reactive ketones (excluding diaryl/α,β-unsaturated/α-hetero) is 1. The highest BCUT2D eigenvalue weighted by Crippen LogP contribution is 2.27. The largest absolute Gasteiger partial charge is 0.353 e. The van der Waals surface area contributed by atoms with Gasteiger partial charge in [0.05, 0.1) is 17.6 Å². The van der Waals surface area contributed by atoms with Gasteiger partial charge in [-0.1, -0.05) is 18.2 Å². The third-order valence-corrected chi connectivity index (χ3v) is 4.37. The third kappa shape index (κ3) is 2.12.